The Morgan fingerprint density at radius 2 is 1.96 bits per heavy atom. The van der Waals surface area contributed by atoms with Crippen molar-refractivity contribution in [1.29, 1.82) is 5.26 Å². The van der Waals surface area contributed by atoms with E-state index in [0.717, 1.165) is 4.90 Å². The van der Waals surface area contributed by atoms with Crippen LogP contribution >= 0.6 is 11.8 Å². The number of nitrogens with zero attached hydrogens (tertiary/aromatic N) is 1. The molecule has 0 unspecified atom stereocenters. The van der Waals surface area contributed by atoms with Crippen LogP contribution in [0.5, 0.6) is 0 Å². The summed E-state index contributed by atoms with van der Waals surface area (Å²) < 4.78 is 25.3. The number of allylic oxidation sites excluding steroid dienone is 2. The van der Waals surface area contributed by atoms with Crippen LogP contribution in [-0.4, -0.2) is 32.9 Å². The van der Waals surface area contributed by atoms with Gasteiger partial charge in [0.05, 0.1) is 16.7 Å². The minimum Gasteiger partial charge on any atom is -0.343 e. The highest BCUT2D eigenvalue weighted by atomic mass is 32.2. The molecule has 2 rings (SSSR count). The molecule has 1 N–H and O–H groups in total. The van der Waals surface area contributed by atoms with E-state index in [1.807, 2.05) is 24.5 Å². The second-order valence-corrected chi connectivity index (χ2v) is 8.56. The van der Waals surface area contributed by atoms with Gasteiger partial charge in [0.25, 0.3) is 0 Å². The van der Waals surface area contributed by atoms with Crippen LogP contribution < -0.4 is 5.32 Å². The maximum atomic E-state index is 12.7. The van der Waals surface area contributed by atoms with E-state index in [1.165, 1.54) is 0 Å². The SMILES string of the molecule is CSc1ccc(S(=O)(=O)C[C@H]2CC=CC[C@@H]2C(=O)NCC#N)cc1. The van der Waals surface area contributed by atoms with Gasteiger partial charge in [-0.2, -0.15) is 5.26 Å². The number of sulfone groups is 1. The average molecular weight is 364 g/mol. The van der Waals surface area contributed by atoms with Gasteiger partial charge in [-0.05, 0) is 49.3 Å². The highest BCUT2D eigenvalue weighted by Crippen LogP contribution is 2.29. The third kappa shape index (κ3) is 4.62. The van der Waals surface area contributed by atoms with Crippen LogP contribution in [0.2, 0.25) is 0 Å². The fourth-order valence-electron chi connectivity index (χ4n) is 2.79. The standard InChI is InChI=1S/C17H20N2O3S2/c1-23-14-6-8-15(9-7-14)24(21,22)12-13-4-2-3-5-16(13)17(20)19-11-10-18/h2-3,6-9,13,16H,4-5,11-12H2,1H3,(H,19,20)/t13-,16+/m1/s1. The number of hydrogen-bond donors (Lipinski definition) is 1. The summed E-state index contributed by atoms with van der Waals surface area (Å²) in [5.74, 6) is -1.01. The van der Waals surface area contributed by atoms with Crippen LogP contribution in [0.3, 0.4) is 0 Å². The van der Waals surface area contributed by atoms with Crippen LogP contribution in [-0.2, 0) is 14.6 Å². The highest BCUT2D eigenvalue weighted by Gasteiger charge is 2.32. The summed E-state index contributed by atoms with van der Waals surface area (Å²) in [5.41, 5.74) is 0. The molecule has 0 fully saturated rings. The number of amides is 1. The number of carbonyl (C=O) groups excluding carboxylic acids is 1. The molecule has 2 atom stereocenters. The molecule has 0 bridgehead atoms. The fraction of sp³-hybridized carbons (Fsp3) is 0.412. The maximum Gasteiger partial charge on any atom is 0.224 e. The summed E-state index contributed by atoms with van der Waals surface area (Å²) in [5, 5.41) is 11.1. The van der Waals surface area contributed by atoms with Crippen molar-refractivity contribution in [2.75, 3.05) is 18.6 Å². The van der Waals surface area contributed by atoms with Gasteiger partial charge in [0.15, 0.2) is 9.84 Å². The van der Waals surface area contributed by atoms with E-state index in [-0.39, 0.29) is 29.0 Å². The zero-order valence-corrected chi connectivity index (χ0v) is 15.1. The second-order valence-electron chi connectivity index (χ2n) is 5.64. The lowest BCUT2D eigenvalue weighted by Gasteiger charge is -2.27. The van der Waals surface area contributed by atoms with E-state index in [0.29, 0.717) is 12.8 Å². The Kier molecular flexibility index (Phi) is 6.46. The zero-order valence-electron chi connectivity index (χ0n) is 13.4. The van der Waals surface area contributed by atoms with Gasteiger partial charge in [-0.1, -0.05) is 12.2 Å². The molecule has 1 aromatic carbocycles. The molecule has 0 aromatic heterocycles. The molecule has 0 heterocycles. The summed E-state index contributed by atoms with van der Waals surface area (Å²) in [4.78, 5) is 13.5. The Balaban J connectivity index is 2.14. The molecule has 1 aliphatic rings. The van der Waals surface area contributed by atoms with Gasteiger partial charge in [-0.25, -0.2) is 8.42 Å². The number of nitrogens with one attached hydrogen (secondary N) is 1. The Hall–Kier alpha value is -1.78. The maximum absolute atomic E-state index is 12.7. The summed E-state index contributed by atoms with van der Waals surface area (Å²) in [6, 6.07) is 8.67. The fourth-order valence-corrected chi connectivity index (χ4v) is 4.88. The predicted octanol–water partition coefficient (Wildman–Crippen LogP) is 2.40. The van der Waals surface area contributed by atoms with Crippen molar-refractivity contribution in [1.82, 2.24) is 5.32 Å². The van der Waals surface area contributed by atoms with Crippen LogP contribution in [0.15, 0.2) is 46.2 Å². The number of nitriles is 1. The third-order valence-electron chi connectivity index (χ3n) is 4.10. The smallest absolute Gasteiger partial charge is 0.224 e. The van der Waals surface area contributed by atoms with E-state index in [2.05, 4.69) is 5.32 Å². The molecule has 0 aliphatic heterocycles. The van der Waals surface area contributed by atoms with E-state index >= 15 is 0 Å². The number of carbonyl (C=O) groups is 1. The molecular formula is C17H20N2O3S2. The topological polar surface area (TPSA) is 87.0 Å². The largest absolute Gasteiger partial charge is 0.343 e. The van der Waals surface area contributed by atoms with E-state index in [1.54, 1.807) is 36.0 Å². The molecule has 0 radical (unpaired) electrons. The van der Waals surface area contributed by atoms with Gasteiger partial charge in [0.1, 0.15) is 6.54 Å². The average Bonchev–Trinajstić information content (AvgIpc) is 2.60. The zero-order chi connectivity index (χ0) is 17.6. The molecule has 128 valence electrons. The molecule has 0 saturated heterocycles. The first-order valence-electron chi connectivity index (χ1n) is 7.64. The number of rotatable bonds is 6. The van der Waals surface area contributed by atoms with E-state index in [4.69, 9.17) is 5.26 Å². The van der Waals surface area contributed by atoms with Gasteiger partial charge in [0, 0.05) is 10.8 Å². The first kappa shape index (κ1) is 18.6. The summed E-state index contributed by atoms with van der Waals surface area (Å²) in [6.45, 7) is -0.0608. The van der Waals surface area contributed by atoms with Gasteiger partial charge in [0.2, 0.25) is 5.91 Å². The summed E-state index contributed by atoms with van der Waals surface area (Å²) in [7, 11) is -3.46. The first-order valence-corrected chi connectivity index (χ1v) is 10.5. The monoisotopic (exact) mass is 364 g/mol. The molecule has 5 nitrogen and oxygen atoms in total. The normalized spacial score (nSPS) is 20.3. The van der Waals surface area contributed by atoms with Crippen molar-refractivity contribution in [3.05, 3.63) is 36.4 Å². The predicted molar refractivity (Wildman–Crippen MR) is 94.3 cm³/mol. The highest BCUT2D eigenvalue weighted by molar-refractivity contribution is 7.98. The van der Waals surface area contributed by atoms with Crippen molar-refractivity contribution in [2.45, 2.75) is 22.6 Å². The second kappa shape index (κ2) is 8.36. The van der Waals surface area contributed by atoms with E-state index in [9.17, 15) is 13.2 Å². The molecule has 1 aliphatic carbocycles. The molecule has 0 saturated carbocycles. The summed E-state index contributed by atoms with van der Waals surface area (Å²) >= 11 is 1.55. The Morgan fingerprint density at radius 3 is 2.58 bits per heavy atom. The van der Waals surface area contributed by atoms with Crippen LogP contribution in [0.4, 0.5) is 0 Å². The minimum absolute atomic E-state index is 0.0608. The quantitative estimate of drug-likeness (QED) is 0.476. The Labute approximate surface area is 147 Å². The molecule has 7 heteroatoms. The van der Waals surface area contributed by atoms with Crippen LogP contribution in [0.1, 0.15) is 12.8 Å². The van der Waals surface area contributed by atoms with Crippen molar-refractivity contribution in [3.63, 3.8) is 0 Å². The molecule has 0 spiro atoms. The van der Waals surface area contributed by atoms with Crippen LogP contribution in [0.25, 0.3) is 0 Å². The lowest BCUT2D eigenvalue weighted by atomic mass is 9.83. The lowest BCUT2D eigenvalue weighted by molar-refractivity contribution is -0.126. The number of hydrogen-bond acceptors (Lipinski definition) is 5. The van der Waals surface area contributed by atoms with Gasteiger partial charge in [-0.15, -0.1) is 11.8 Å². The minimum atomic E-state index is -3.46. The molecule has 1 amide bonds. The molecule has 1 aromatic rings. The van der Waals surface area contributed by atoms with Gasteiger partial charge >= 0.3 is 0 Å². The van der Waals surface area contributed by atoms with Crippen molar-refractivity contribution in [3.8, 4) is 6.07 Å². The molecule has 24 heavy (non-hydrogen) atoms. The number of benzene rings is 1. The number of thioether (sulfide) groups is 1. The Morgan fingerprint density at radius 1 is 1.29 bits per heavy atom. The van der Waals surface area contributed by atoms with Crippen LogP contribution in [0, 0.1) is 23.2 Å². The summed E-state index contributed by atoms with van der Waals surface area (Å²) in [6.07, 6.45) is 6.80. The lowest BCUT2D eigenvalue weighted by Crippen LogP contribution is -2.38. The van der Waals surface area contributed by atoms with E-state index < -0.39 is 15.8 Å². The van der Waals surface area contributed by atoms with Crippen molar-refractivity contribution >= 4 is 27.5 Å². The Bertz CT molecular complexity index is 749. The first-order chi connectivity index (χ1) is 11.5. The van der Waals surface area contributed by atoms with Gasteiger partial charge in [-0.3, -0.25) is 4.79 Å². The molecular weight excluding hydrogens is 344 g/mol. The van der Waals surface area contributed by atoms with Gasteiger partial charge < -0.3 is 5.32 Å². The van der Waals surface area contributed by atoms with Crippen molar-refractivity contribution in [2.24, 2.45) is 11.8 Å². The third-order valence-corrected chi connectivity index (χ3v) is 6.70. The van der Waals surface area contributed by atoms with Crippen molar-refractivity contribution < 1.29 is 13.2 Å².